The van der Waals surface area contributed by atoms with Crippen LogP contribution in [0.2, 0.25) is 0 Å². The standard InChI is InChI=1S/C15H16ClNO3/c16-13(18)12-8-15(6-7-15)10-17(12)14(19)20-9-11-4-2-1-3-5-11/h1-5,12H,6-10H2/t12-/m0/s1. The van der Waals surface area contributed by atoms with E-state index in [4.69, 9.17) is 16.3 Å². The minimum atomic E-state index is -0.526. The van der Waals surface area contributed by atoms with E-state index in [2.05, 4.69) is 0 Å². The van der Waals surface area contributed by atoms with Crippen LogP contribution in [-0.2, 0) is 16.1 Å². The van der Waals surface area contributed by atoms with Crippen molar-refractivity contribution in [3.63, 3.8) is 0 Å². The van der Waals surface area contributed by atoms with Crippen LogP contribution in [0.1, 0.15) is 24.8 Å². The lowest BCUT2D eigenvalue weighted by molar-refractivity contribution is -0.115. The van der Waals surface area contributed by atoms with Crippen molar-refractivity contribution in [3.8, 4) is 0 Å². The third-order valence-electron chi connectivity index (χ3n) is 4.17. The topological polar surface area (TPSA) is 46.6 Å². The Morgan fingerprint density at radius 1 is 1.30 bits per heavy atom. The predicted octanol–water partition coefficient (Wildman–Crippen LogP) is 2.94. The zero-order valence-corrected chi connectivity index (χ0v) is 11.8. The zero-order chi connectivity index (χ0) is 14.2. The number of hydrogen-bond donors (Lipinski definition) is 0. The molecule has 1 amide bonds. The number of rotatable bonds is 3. The Morgan fingerprint density at radius 2 is 2.00 bits per heavy atom. The molecular weight excluding hydrogens is 278 g/mol. The second-order valence-electron chi connectivity index (χ2n) is 5.69. The molecule has 1 atom stereocenters. The smallest absolute Gasteiger partial charge is 0.410 e. The zero-order valence-electron chi connectivity index (χ0n) is 11.0. The molecule has 4 nitrogen and oxygen atoms in total. The van der Waals surface area contributed by atoms with Crippen LogP contribution in [0.5, 0.6) is 0 Å². The number of amides is 1. The highest BCUT2D eigenvalue weighted by molar-refractivity contribution is 6.64. The van der Waals surface area contributed by atoms with E-state index < -0.39 is 17.4 Å². The second kappa shape index (κ2) is 5.09. The average Bonchev–Trinajstić information content (AvgIpc) is 3.08. The number of nitrogens with zero attached hydrogens (tertiary/aromatic N) is 1. The van der Waals surface area contributed by atoms with Gasteiger partial charge in [-0.1, -0.05) is 30.3 Å². The highest BCUT2D eigenvalue weighted by Crippen LogP contribution is 2.55. The average molecular weight is 294 g/mol. The summed E-state index contributed by atoms with van der Waals surface area (Å²) in [4.78, 5) is 25.1. The van der Waals surface area contributed by atoms with Gasteiger partial charge in [-0.05, 0) is 41.8 Å². The SMILES string of the molecule is O=C(Cl)[C@@H]1CC2(CC2)CN1C(=O)OCc1ccccc1. The number of carbonyl (C=O) groups is 2. The van der Waals surface area contributed by atoms with Gasteiger partial charge in [0.25, 0.3) is 0 Å². The fraction of sp³-hybridized carbons (Fsp3) is 0.467. The van der Waals surface area contributed by atoms with Crippen molar-refractivity contribution >= 4 is 22.9 Å². The van der Waals surface area contributed by atoms with Gasteiger partial charge in [-0.25, -0.2) is 4.79 Å². The van der Waals surface area contributed by atoms with Crippen LogP contribution in [0.15, 0.2) is 30.3 Å². The van der Waals surface area contributed by atoms with Crippen LogP contribution in [0.3, 0.4) is 0 Å². The van der Waals surface area contributed by atoms with Gasteiger partial charge in [0.2, 0.25) is 5.24 Å². The fourth-order valence-corrected chi connectivity index (χ4v) is 2.99. The monoisotopic (exact) mass is 293 g/mol. The summed E-state index contributed by atoms with van der Waals surface area (Å²) < 4.78 is 5.29. The van der Waals surface area contributed by atoms with E-state index >= 15 is 0 Å². The van der Waals surface area contributed by atoms with Gasteiger partial charge in [0.1, 0.15) is 12.6 Å². The normalized spacial score (nSPS) is 22.9. The maximum Gasteiger partial charge on any atom is 0.410 e. The van der Waals surface area contributed by atoms with Gasteiger partial charge >= 0.3 is 6.09 Å². The molecule has 1 aromatic rings. The molecule has 1 heterocycles. The lowest BCUT2D eigenvalue weighted by Gasteiger charge is -2.21. The summed E-state index contributed by atoms with van der Waals surface area (Å²) in [6.45, 7) is 0.802. The number of halogens is 1. The molecule has 1 spiro atoms. The van der Waals surface area contributed by atoms with E-state index in [-0.39, 0.29) is 12.0 Å². The number of hydrogen-bond acceptors (Lipinski definition) is 3. The molecule has 3 rings (SSSR count). The first-order valence-corrected chi connectivity index (χ1v) is 7.14. The van der Waals surface area contributed by atoms with E-state index in [0.29, 0.717) is 13.0 Å². The van der Waals surface area contributed by atoms with Crippen LogP contribution in [0, 0.1) is 5.41 Å². The van der Waals surface area contributed by atoms with E-state index in [1.807, 2.05) is 30.3 Å². The fourth-order valence-electron chi connectivity index (χ4n) is 2.79. The highest BCUT2D eigenvalue weighted by atomic mass is 35.5. The number of benzene rings is 1. The van der Waals surface area contributed by atoms with Gasteiger partial charge in [0.15, 0.2) is 0 Å². The summed E-state index contributed by atoms with van der Waals surface area (Å²) in [5.41, 5.74) is 1.05. The van der Waals surface area contributed by atoms with E-state index in [0.717, 1.165) is 18.4 Å². The maximum atomic E-state index is 12.1. The number of carbonyl (C=O) groups excluding carboxylic acids is 2. The molecule has 1 saturated heterocycles. The van der Waals surface area contributed by atoms with Gasteiger partial charge in [-0.3, -0.25) is 9.69 Å². The van der Waals surface area contributed by atoms with Crippen molar-refractivity contribution in [3.05, 3.63) is 35.9 Å². The molecule has 2 fully saturated rings. The quantitative estimate of drug-likeness (QED) is 0.805. The molecular formula is C15H16ClNO3. The van der Waals surface area contributed by atoms with Crippen LogP contribution in [0.25, 0.3) is 0 Å². The molecule has 0 aromatic heterocycles. The van der Waals surface area contributed by atoms with E-state index in [1.165, 1.54) is 4.90 Å². The molecule has 0 bridgehead atoms. The van der Waals surface area contributed by atoms with Crippen molar-refractivity contribution in [2.45, 2.75) is 31.9 Å². The molecule has 20 heavy (non-hydrogen) atoms. The highest BCUT2D eigenvalue weighted by Gasteiger charge is 2.55. The molecule has 2 aliphatic rings. The van der Waals surface area contributed by atoms with Gasteiger partial charge in [-0.15, -0.1) is 0 Å². The Kier molecular flexibility index (Phi) is 3.42. The summed E-state index contributed by atoms with van der Waals surface area (Å²) >= 11 is 5.61. The first kappa shape index (κ1) is 13.4. The molecule has 0 N–H and O–H groups in total. The first-order chi connectivity index (χ1) is 9.60. The third kappa shape index (κ3) is 2.66. The van der Waals surface area contributed by atoms with Gasteiger partial charge < -0.3 is 4.74 Å². The Hall–Kier alpha value is -1.55. The summed E-state index contributed by atoms with van der Waals surface area (Å²) in [6.07, 6.45) is 2.36. The Balaban J connectivity index is 1.62. The molecule has 1 saturated carbocycles. The lowest BCUT2D eigenvalue weighted by Crippen LogP contribution is -2.39. The molecule has 0 radical (unpaired) electrons. The summed E-state index contributed by atoms with van der Waals surface area (Å²) in [5.74, 6) is 0. The molecule has 1 aliphatic heterocycles. The second-order valence-corrected chi connectivity index (χ2v) is 6.06. The molecule has 0 unspecified atom stereocenters. The van der Waals surface area contributed by atoms with Gasteiger partial charge in [-0.2, -0.15) is 0 Å². The Morgan fingerprint density at radius 3 is 2.60 bits per heavy atom. The summed E-state index contributed by atoms with van der Waals surface area (Å²) in [5, 5.41) is -0.467. The van der Waals surface area contributed by atoms with Crippen LogP contribution in [-0.4, -0.2) is 28.8 Å². The van der Waals surface area contributed by atoms with Crippen molar-refractivity contribution in [2.75, 3.05) is 6.54 Å². The minimum absolute atomic E-state index is 0.126. The third-order valence-corrected chi connectivity index (χ3v) is 4.42. The molecule has 1 aliphatic carbocycles. The lowest BCUT2D eigenvalue weighted by atomic mass is 10.0. The van der Waals surface area contributed by atoms with Crippen molar-refractivity contribution < 1.29 is 14.3 Å². The van der Waals surface area contributed by atoms with Crippen LogP contribution in [0.4, 0.5) is 4.79 Å². The van der Waals surface area contributed by atoms with Crippen LogP contribution >= 0.6 is 11.6 Å². The maximum absolute atomic E-state index is 12.1. The number of ether oxygens (including phenoxy) is 1. The molecule has 1 aromatic carbocycles. The summed E-state index contributed by atoms with van der Waals surface area (Å²) in [6, 6.07) is 8.95. The van der Waals surface area contributed by atoms with Crippen molar-refractivity contribution in [2.24, 2.45) is 5.41 Å². The Labute approximate surface area is 122 Å². The predicted molar refractivity (Wildman–Crippen MR) is 74.3 cm³/mol. The first-order valence-electron chi connectivity index (χ1n) is 6.76. The van der Waals surface area contributed by atoms with E-state index in [1.54, 1.807) is 0 Å². The molecule has 106 valence electrons. The van der Waals surface area contributed by atoms with Gasteiger partial charge in [0, 0.05) is 6.54 Å². The summed E-state index contributed by atoms with van der Waals surface area (Å²) in [7, 11) is 0. The van der Waals surface area contributed by atoms with Crippen LogP contribution < -0.4 is 0 Å². The number of likely N-dealkylation sites (tertiary alicyclic amines) is 1. The Bertz CT molecular complexity index is 527. The van der Waals surface area contributed by atoms with Gasteiger partial charge in [0.05, 0.1) is 0 Å². The largest absolute Gasteiger partial charge is 0.445 e. The van der Waals surface area contributed by atoms with Crippen molar-refractivity contribution in [1.29, 1.82) is 0 Å². The molecule has 5 heteroatoms. The minimum Gasteiger partial charge on any atom is -0.445 e. The van der Waals surface area contributed by atoms with Crippen molar-refractivity contribution in [1.82, 2.24) is 4.90 Å². The van der Waals surface area contributed by atoms with E-state index in [9.17, 15) is 9.59 Å².